The number of aryl methyl sites for hydroxylation is 1. The summed E-state index contributed by atoms with van der Waals surface area (Å²) in [4.78, 5) is 14.5. The number of carbonyl (C=O) groups is 1. The molecule has 0 fully saturated rings. The van der Waals surface area contributed by atoms with Crippen molar-refractivity contribution in [2.24, 2.45) is 5.73 Å². The van der Waals surface area contributed by atoms with Gasteiger partial charge in [0.05, 0.1) is 0 Å². The summed E-state index contributed by atoms with van der Waals surface area (Å²) in [5.74, 6) is -0.799. The molecule has 0 amide bonds. The smallest absolute Gasteiger partial charge is 0.303 e. The first-order valence-electron chi connectivity index (χ1n) is 4.97. The monoisotopic (exact) mass is 208 g/mol. The Bertz CT molecular complexity index is 322. The number of aromatic nitrogens is 1. The summed E-state index contributed by atoms with van der Waals surface area (Å²) in [5, 5.41) is 8.50. The largest absolute Gasteiger partial charge is 0.481 e. The summed E-state index contributed by atoms with van der Waals surface area (Å²) in [6.45, 7) is 1.92. The van der Waals surface area contributed by atoms with Crippen molar-refractivity contribution >= 4 is 5.97 Å². The lowest BCUT2D eigenvalue weighted by Crippen LogP contribution is -2.23. The molecule has 0 radical (unpaired) electrons. The van der Waals surface area contributed by atoms with E-state index < -0.39 is 5.97 Å². The Kier molecular flexibility index (Phi) is 4.24. The maximum atomic E-state index is 10.3. The van der Waals surface area contributed by atoms with Crippen LogP contribution in [0.3, 0.4) is 0 Å². The highest BCUT2D eigenvalue weighted by molar-refractivity contribution is 5.66. The molecular weight excluding hydrogens is 192 g/mol. The van der Waals surface area contributed by atoms with E-state index in [0.717, 1.165) is 11.3 Å². The molecule has 1 aromatic rings. The van der Waals surface area contributed by atoms with E-state index in [4.69, 9.17) is 10.8 Å². The zero-order valence-corrected chi connectivity index (χ0v) is 8.81. The van der Waals surface area contributed by atoms with Gasteiger partial charge in [-0.25, -0.2) is 0 Å². The average molecular weight is 208 g/mol. The van der Waals surface area contributed by atoms with Crippen molar-refractivity contribution in [3.05, 3.63) is 29.6 Å². The Labute approximate surface area is 89.1 Å². The summed E-state index contributed by atoms with van der Waals surface area (Å²) in [6, 6.07) is 3.80. The van der Waals surface area contributed by atoms with E-state index in [-0.39, 0.29) is 12.5 Å². The first kappa shape index (κ1) is 11.7. The van der Waals surface area contributed by atoms with E-state index in [1.165, 1.54) is 0 Å². The predicted octanol–water partition coefficient (Wildman–Crippen LogP) is 1.12. The molecule has 0 bridgehead atoms. The third kappa shape index (κ3) is 4.56. The van der Waals surface area contributed by atoms with Crippen LogP contribution in [0.15, 0.2) is 18.3 Å². The lowest BCUT2D eigenvalue weighted by molar-refractivity contribution is -0.137. The van der Waals surface area contributed by atoms with E-state index in [0.29, 0.717) is 12.8 Å². The third-order valence-corrected chi connectivity index (χ3v) is 2.20. The number of rotatable bonds is 5. The number of pyridine rings is 1. The Morgan fingerprint density at radius 3 is 2.87 bits per heavy atom. The average Bonchev–Trinajstić information content (AvgIpc) is 2.19. The lowest BCUT2D eigenvalue weighted by atomic mass is 10.0. The molecule has 0 aliphatic rings. The first-order chi connectivity index (χ1) is 7.08. The van der Waals surface area contributed by atoms with Crippen molar-refractivity contribution in [3.63, 3.8) is 0 Å². The molecule has 0 aromatic carbocycles. The molecule has 1 rings (SSSR count). The zero-order chi connectivity index (χ0) is 11.3. The van der Waals surface area contributed by atoms with Crippen LogP contribution < -0.4 is 5.73 Å². The van der Waals surface area contributed by atoms with Gasteiger partial charge in [0.1, 0.15) is 0 Å². The fourth-order valence-electron chi connectivity index (χ4n) is 1.33. The predicted molar refractivity (Wildman–Crippen MR) is 57.5 cm³/mol. The minimum atomic E-state index is -0.799. The Balaban J connectivity index is 2.40. The molecule has 0 spiro atoms. The quantitative estimate of drug-likeness (QED) is 0.760. The van der Waals surface area contributed by atoms with E-state index >= 15 is 0 Å². The number of nitrogens with zero attached hydrogens (tertiary/aromatic N) is 1. The van der Waals surface area contributed by atoms with Crippen LogP contribution in [0.1, 0.15) is 24.1 Å². The number of hydrogen-bond donors (Lipinski definition) is 2. The summed E-state index contributed by atoms with van der Waals surface area (Å²) >= 11 is 0. The van der Waals surface area contributed by atoms with Crippen LogP contribution in [0, 0.1) is 6.92 Å². The summed E-state index contributed by atoms with van der Waals surface area (Å²) in [5.41, 5.74) is 7.83. The molecule has 1 atom stereocenters. The van der Waals surface area contributed by atoms with Gasteiger partial charge in [0.25, 0.3) is 0 Å². The minimum Gasteiger partial charge on any atom is -0.481 e. The first-order valence-corrected chi connectivity index (χ1v) is 4.97. The molecule has 3 N–H and O–H groups in total. The molecule has 0 saturated carbocycles. The molecule has 0 aliphatic carbocycles. The minimum absolute atomic E-state index is 0.106. The topological polar surface area (TPSA) is 76.2 Å². The van der Waals surface area contributed by atoms with E-state index in [1.807, 2.05) is 19.1 Å². The Morgan fingerprint density at radius 2 is 2.33 bits per heavy atom. The second-order valence-electron chi connectivity index (χ2n) is 3.70. The number of nitrogens with two attached hydrogens (primary N) is 1. The van der Waals surface area contributed by atoms with Crippen LogP contribution >= 0.6 is 0 Å². The highest BCUT2D eigenvalue weighted by atomic mass is 16.4. The lowest BCUT2D eigenvalue weighted by Gasteiger charge is -2.09. The maximum absolute atomic E-state index is 10.3. The Morgan fingerprint density at radius 1 is 1.60 bits per heavy atom. The number of hydrogen-bond acceptors (Lipinski definition) is 3. The normalized spacial score (nSPS) is 12.4. The van der Waals surface area contributed by atoms with Crippen LogP contribution in [0.25, 0.3) is 0 Å². The molecule has 0 saturated heterocycles. The molecule has 82 valence electrons. The standard InChI is InChI=1S/C11H16N2O2/c1-8-2-3-9(7-13-8)6-10(12)4-5-11(14)15/h2-3,7,10H,4-6,12H2,1H3,(H,14,15). The van der Waals surface area contributed by atoms with Gasteiger partial charge in [-0.3, -0.25) is 9.78 Å². The molecule has 1 unspecified atom stereocenters. The van der Waals surface area contributed by atoms with Crippen molar-refractivity contribution < 1.29 is 9.90 Å². The fourth-order valence-corrected chi connectivity index (χ4v) is 1.33. The Hall–Kier alpha value is -1.42. The molecule has 1 heterocycles. The van der Waals surface area contributed by atoms with Gasteiger partial charge in [0.2, 0.25) is 0 Å². The van der Waals surface area contributed by atoms with E-state index in [1.54, 1.807) is 6.20 Å². The van der Waals surface area contributed by atoms with Crippen molar-refractivity contribution in [2.45, 2.75) is 32.2 Å². The fraction of sp³-hybridized carbons (Fsp3) is 0.455. The van der Waals surface area contributed by atoms with Crippen molar-refractivity contribution in [1.29, 1.82) is 0 Å². The third-order valence-electron chi connectivity index (χ3n) is 2.20. The number of carboxylic acids is 1. The SMILES string of the molecule is Cc1ccc(CC(N)CCC(=O)O)cn1. The molecular formula is C11H16N2O2. The molecule has 1 aromatic heterocycles. The van der Waals surface area contributed by atoms with Crippen molar-refractivity contribution in [2.75, 3.05) is 0 Å². The van der Waals surface area contributed by atoms with E-state index in [2.05, 4.69) is 4.98 Å². The van der Waals surface area contributed by atoms with Gasteiger partial charge >= 0.3 is 5.97 Å². The van der Waals surface area contributed by atoms with Crippen LogP contribution in [-0.4, -0.2) is 22.1 Å². The van der Waals surface area contributed by atoms with Gasteiger partial charge < -0.3 is 10.8 Å². The van der Waals surface area contributed by atoms with Crippen LogP contribution in [0.2, 0.25) is 0 Å². The van der Waals surface area contributed by atoms with Gasteiger partial charge in [-0.2, -0.15) is 0 Å². The van der Waals surface area contributed by atoms with Gasteiger partial charge in [-0.05, 0) is 31.4 Å². The molecule has 0 aliphatic heterocycles. The van der Waals surface area contributed by atoms with Crippen molar-refractivity contribution in [1.82, 2.24) is 4.98 Å². The second kappa shape index (κ2) is 5.46. The van der Waals surface area contributed by atoms with Crippen LogP contribution in [-0.2, 0) is 11.2 Å². The zero-order valence-electron chi connectivity index (χ0n) is 8.81. The van der Waals surface area contributed by atoms with Crippen molar-refractivity contribution in [3.8, 4) is 0 Å². The van der Waals surface area contributed by atoms with Crippen LogP contribution in [0.5, 0.6) is 0 Å². The number of carboxylic acid groups (broad SMARTS) is 1. The van der Waals surface area contributed by atoms with Gasteiger partial charge in [-0.15, -0.1) is 0 Å². The van der Waals surface area contributed by atoms with E-state index in [9.17, 15) is 4.79 Å². The molecule has 4 nitrogen and oxygen atoms in total. The molecule has 15 heavy (non-hydrogen) atoms. The highest BCUT2D eigenvalue weighted by Gasteiger charge is 2.06. The summed E-state index contributed by atoms with van der Waals surface area (Å²) < 4.78 is 0. The van der Waals surface area contributed by atoms with Gasteiger partial charge in [0.15, 0.2) is 0 Å². The maximum Gasteiger partial charge on any atom is 0.303 e. The molecule has 4 heteroatoms. The summed E-state index contributed by atoms with van der Waals surface area (Å²) in [7, 11) is 0. The second-order valence-corrected chi connectivity index (χ2v) is 3.70. The van der Waals surface area contributed by atoms with Gasteiger partial charge in [-0.1, -0.05) is 6.07 Å². The van der Waals surface area contributed by atoms with Gasteiger partial charge in [0, 0.05) is 24.4 Å². The number of aliphatic carboxylic acids is 1. The highest BCUT2D eigenvalue weighted by Crippen LogP contribution is 2.05. The summed E-state index contributed by atoms with van der Waals surface area (Å²) in [6.07, 6.45) is 3.10. The van der Waals surface area contributed by atoms with Crippen LogP contribution in [0.4, 0.5) is 0 Å².